The number of methoxy groups -OCH3 is 2. The lowest BCUT2D eigenvalue weighted by atomic mass is 10.3. The van der Waals surface area contributed by atoms with Crippen LogP contribution in [-0.2, 0) is 19.1 Å². The largest absolute Gasteiger partial charge is 0.465 e. The van der Waals surface area contributed by atoms with Gasteiger partial charge in [0, 0.05) is 17.8 Å². The van der Waals surface area contributed by atoms with Gasteiger partial charge in [0.05, 0.1) is 19.9 Å². The number of anilines is 1. The Balaban J connectivity index is 2.08. The van der Waals surface area contributed by atoms with E-state index in [1.807, 2.05) is 24.9 Å². The molecule has 0 fully saturated rings. The number of benzene rings is 1. The van der Waals surface area contributed by atoms with Crippen LogP contribution in [0.25, 0.3) is 0 Å². The normalized spacial score (nSPS) is 22.1. The zero-order chi connectivity index (χ0) is 19.1. The molecule has 3 rings (SSSR count). The summed E-state index contributed by atoms with van der Waals surface area (Å²) in [6.45, 7) is 1.82. The fraction of sp³-hybridized carbons (Fsp3) is 0.312. The van der Waals surface area contributed by atoms with Crippen molar-refractivity contribution in [3.8, 4) is 0 Å². The molecule has 0 aliphatic carbocycles. The highest BCUT2D eigenvalue weighted by Crippen LogP contribution is 2.58. The number of esters is 2. The molecule has 1 unspecified atom stereocenters. The molecule has 2 aliphatic rings. The number of halogens is 1. The first-order valence-corrected chi connectivity index (χ1v) is 9.49. The van der Waals surface area contributed by atoms with Crippen molar-refractivity contribution in [2.24, 2.45) is 5.10 Å². The molecule has 0 radical (unpaired) electrons. The van der Waals surface area contributed by atoms with Crippen LogP contribution in [0.5, 0.6) is 0 Å². The van der Waals surface area contributed by atoms with Crippen LogP contribution in [0.15, 0.2) is 40.0 Å². The zero-order valence-corrected chi connectivity index (χ0v) is 16.9. The summed E-state index contributed by atoms with van der Waals surface area (Å²) in [5.74, 6) is -0.980. The van der Waals surface area contributed by atoms with E-state index in [1.54, 1.807) is 23.2 Å². The Bertz CT molecular complexity index is 845. The molecule has 0 saturated heterocycles. The molecule has 138 valence electrons. The molecule has 10 heteroatoms. The number of nitrogens with zero attached hydrogens (tertiary/aromatic N) is 3. The van der Waals surface area contributed by atoms with E-state index in [1.165, 1.54) is 37.7 Å². The van der Waals surface area contributed by atoms with Gasteiger partial charge in [0.2, 0.25) is 9.37 Å². The molecule has 0 saturated carbocycles. The van der Waals surface area contributed by atoms with Crippen molar-refractivity contribution in [3.63, 3.8) is 0 Å². The topological polar surface area (TPSA) is 71.4 Å². The Morgan fingerprint density at radius 2 is 1.88 bits per heavy atom. The van der Waals surface area contributed by atoms with Crippen molar-refractivity contribution in [3.05, 3.63) is 39.9 Å². The monoisotopic (exact) mass is 413 g/mol. The molecule has 0 bridgehead atoms. The fourth-order valence-corrected chi connectivity index (χ4v) is 5.65. The summed E-state index contributed by atoms with van der Waals surface area (Å²) in [5.41, 5.74) is 1.41. The predicted molar refractivity (Wildman–Crippen MR) is 104 cm³/mol. The van der Waals surface area contributed by atoms with Crippen LogP contribution in [-0.4, -0.2) is 47.5 Å². The molecule has 1 spiro atoms. The highest BCUT2D eigenvalue weighted by atomic mass is 35.5. The third-order valence-corrected chi connectivity index (χ3v) is 7.23. The number of thioether (sulfide) groups is 2. The quantitative estimate of drug-likeness (QED) is 0.700. The Hall–Kier alpha value is -1.84. The summed E-state index contributed by atoms with van der Waals surface area (Å²) in [6.07, 6.45) is 0. The fourth-order valence-electron chi connectivity index (χ4n) is 2.54. The van der Waals surface area contributed by atoms with Gasteiger partial charge in [-0.2, -0.15) is 5.10 Å². The maximum Gasteiger partial charge on any atom is 0.365 e. The van der Waals surface area contributed by atoms with Gasteiger partial charge in [0.25, 0.3) is 0 Å². The summed E-state index contributed by atoms with van der Waals surface area (Å²) >= 11 is 8.60. The number of hydrazone groups is 1. The lowest BCUT2D eigenvalue weighted by molar-refractivity contribution is -0.135. The van der Waals surface area contributed by atoms with E-state index in [0.717, 1.165) is 5.70 Å². The standard InChI is InChI=1S/C16H16ClN3O4S2/c1-9-12(14(21)23-3)25-16(19(9)2)20(11-7-5-6-10(17)8-11)18-13(26-16)15(22)24-4/h5-8H,1-4H3. The van der Waals surface area contributed by atoms with Gasteiger partial charge in [0.1, 0.15) is 4.91 Å². The first-order chi connectivity index (χ1) is 12.3. The first kappa shape index (κ1) is 18.9. The van der Waals surface area contributed by atoms with E-state index in [4.69, 9.17) is 21.1 Å². The number of ether oxygens (including phenoxy) is 2. The van der Waals surface area contributed by atoms with Gasteiger partial charge >= 0.3 is 11.9 Å². The smallest absolute Gasteiger partial charge is 0.365 e. The van der Waals surface area contributed by atoms with E-state index >= 15 is 0 Å². The number of hydrogen-bond acceptors (Lipinski definition) is 9. The Morgan fingerprint density at radius 1 is 1.19 bits per heavy atom. The number of rotatable bonds is 3. The Morgan fingerprint density at radius 3 is 2.50 bits per heavy atom. The molecule has 0 aromatic heterocycles. The van der Waals surface area contributed by atoms with Crippen molar-refractivity contribution >= 4 is 57.8 Å². The highest BCUT2D eigenvalue weighted by molar-refractivity contribution is 8.28. The van der Waals surface area contributed by atoms with E-state index in [2.05, 4.69) is 5.10 Å². The second-order valence-corrected chi connectivity index (χ2v) is 8.44. The van der Waals surface area contributed by atoms with Crippen LogP contribution >= 0.6 is 35.1 Å². The highest BCUT2D eigenvalue weighted by Gasteiger charge is 2.56. The SMILES string of the molecule is COC(=O)C1=NN(c2cccc(Cl)c2)C2(S1)SC(C(=O)OC)=C(C)N2C. The van der Waals surface area contributed by atoms with Gasteiger partial charge in [-0.1, -0.05) is 29.4 Å². The van der Waals surface area contributed by atoms with Crippen molar-refractivity contribution in [2.45, 2.75) is 11.3 Å². The predicted octanol–water partition coefficient (Wildman–Crippen LogP) is 3.07. The minimum absolute atomic E-state index is 0.186. The third-order valence-electron chi connectivity index (χ3n) is 3.96. The number of carbonyl (C=O) groups is 2. The van der Waals surface area contributed by atoms with Crippen LogP contribution in [0.1, 0.15) is 6.92 Å². The third kappa shape index (κ3) is 2.93. The molecule has 26 heavy (non-hydrogen) atoms. The lowest BCUT2D eigenvalue weighted by Gasteiger charge is -2.39. The summed E-state index contributed by atoms with van der Waals surface area (Å²) in [4.78, 5) is 26.6. The maximum absolute atomic E-state index is 12.2. The number of allylic oxidation sites excluding steroid dienone is 1. The molecule has 7 nitrogen and oxygen atoms in total. The summed E-state index contributed by atoms with van der Waals surface area (Å²) < 4.78 is 8.81. The molecule has 2 heterocycles. The van der Waals surface area contributed by atoms with Crippen molar-refractivity contribution in [2.75, 3.05) is 26.3 Å². The van der Waals surface area contributed by atoms with Crippen molar-refractivity contribution < 1.29 is 19.1 Å². The first-order valence-electron chi connectivity index (χ1n) is 7.48. The Labute approximate surface area is 164 Å². The van der Waals surface area contributed by atoms with Gasteiger partial charge in [-0.3, -0.25) is 0 Å². The van der Waals surface area contributed by atoms with Crippen molar-refractivity contribution in [1.29, 1.82) is 0 Å². The summed E-state index contributed by atoms with van der Waals surface area (Å²) in [5, 5.41) is 6.84. The lowest BCUT2D eigenvalue weighted by Crippen LogP contribution is -2.47. The molecule has 1 aromatic carbocycles. The average molecular weight is 414 g/mol. The number of hydrogen-bond donors (Lipinski definition) is 0. The molecule has 2 aliphatic heterocycles. The van der Waals surface area contributed by atoms with Gasteiger partial charge in [-0.05, 0) is 36.9 Å². The van der Waals surface area contributed by atoms with Crippen LogP contribution in [0.2, 0.25) is 5.02 Å². The molecular formula is C16H16ClN3O4S2. The maximum atomic E-state index is 12.2. The van der Waals surface area contributed by atoms with Crippen LogP contribution < -0.4 is 5.01 Å². The summed E-state index contributed by atoms with van der Waals surface area (Å²) in [6, 6.07) is 7.12. The molecule has 1 aromatic rings. The van der Waals surface area contributed by atoms with E-state index in [9.17, 15) is 9.59 Å². The molecular weight excluding hydrogens is 398 g/mol. The number of carbonyl (C=O) groups excluding carboxylic acids is 2. The Kier molecular flexibility index (Phi) is 5.14. The van der Waals surface area contributed by atoms with Gasteiger partial charge in [-0.15, -0.1) is 0 Å². The molecule has 0 amide bonds. The van der Waals surface area contributed by atoms with E-state index < -0.39 is 16.3 Å². The summed E-state index contributed by atoms with van der Waals surface area (Å²) in [7, 11) is 4.47. The average Bonchev–Trinajstić information content (AvgIpc) is 3.14. The van der Waals surface area contributed by atoms with Gasteiger partial charge < -0.3 is 14.4 Å². The van der Waals surface area contributed by atoms with Gasteiger partial charge in [-0.25, -0.2) is 14.6 Å². The second kappa shape index (κ2) is 7.05. The van der Waals surface area contributed by atoms with Gasteiger partial charge in [0.15, 0.2) is 0 Å². The van der Waals surface area contributed by atoms with E-state index in [0.29, 0.717) is 15.6 Å². The van der Waals surface area contributed by atoms with Crippen LogP contribution in [0, 0.1) is 0 Å². The van der Waals surface area contributed by atoms with Crippen LogP contribution in [0.3, 0.4) is 0 Å². The zero-order valence-electron chi connectivity index (χ0n) is 14.5. The van der Waals surface area contributed by atoms with Crippen LogP contribution in [0.4, 0.5) is 5.69 Å². The van der Waals surface area contributed by atoms with Crippen molar-refractivity contribution in [1.82, 2.24) is 4.90 Å². The molecule has 0 N–H and O–H groups in total. The van der Waals surface area contributed by atoms with E-state index in [-0.39, 0.29) is 5.04 Å². The minimum Gasteiger partial charge on any atom is -0.465 e. The molecule has 1 atom stereocenters. The second-order valence-electron chi connectivity index (χ2n) is 5.41. The minimum atomic E-state index is -0.901.